The lowest BCUT2D eigenvalue weighted by Crippen LogP contribution is -2.30. The van der Waals surface area contributed by atoms with E-state index in [4.69, 9.17) is 11.7 Å². The molecule has 0 atom stereocenters. The van der Waals surface area contributed by atoms with Gasteiger partial charge in [0.15, 0.2) is 0 Å². The largest absolute Gasteiger partial charge is 0.324 e. The number of nitrogens with one attached hydrogen (secondary N) is 2. The number of para-hydroxylation sites is 1. The number of sulfonamides is 1. The van der Waals surface area contributed by atoms with Crippen LogP contribution in [0.1, 0.15) is 0 Å². The van der Waals surface area contributed by atoms with E-state index in [0.29, 0.717) is 16.8 Å². The Balaban J connectivity index is 2.70. The molecule has 0 spiro atoms. The van der Waals surface area contributed by atoms with E-state index in [1.165, 1.54) is 6.07 Å². The predicted molar refractivity (Wildman–Crippen MR) is 74.2 cm³/mol. The Morgan fingerprint density at radius 1 is 0.842 bits per heavy atom. The second-order valence-electron chi connectivity index (χ2n) is 3.81. The van der Waals surface area contributed by atoms with Gasteiger partial charge >= 0.3 is 0 Å². The molecule has 0 saturated carbocycles. The first-order chi connectivity index (χ1) is 9.10. The van der Waals surface area contributed by atoms with Gasteiger partial charge in [0.1, 0.15) is 0 Å². The molecule has 0 aliphatic carbocycles. The minimum atomic E-state index is -3.74. The Morgan fingerprint density at radius 2 is 1.42 bits per heavy atom. The van der Waals surface area contributed by atoms with E-state index in [9.17, 15) is 8.42 Å². The summed E-state index contributed by atoms with van der Waals surface area (Å²) in [4.78, 5) is 1.92. The Hall–Kier alpha value is -1.93. The summed E-state index contributed by atoms with van der Waals surface area (Å²) >= 11 is 0. The van der Waals surface area contributed by atoms with Crippen molar-refractivity contribution >= 4 is 15.7 Å². The minimum Gasteiger partial charge on any atom is -0.324 e. The van der Waals surface area contributed by atoms with Gasteiger partial charge in [0.25, 0.3) is 10.0 Å². The highest BCUT2D eigenvalue weighted by Crippen LogP contribution is 2.32. The summed E-state index contributed by atoms with van der Waals surface area (Å²) in [7, 11) is -3.74. The number of anilines is 1. The first-order valence-electron chi connectivity index (χ1n) is 5.47. The normalized spacial score (nSPS) is 11.3. The second kappa shape index (κ2) is 5.37. The number of hydrogen-bond acceptors (Lipinski definition) is 5. The maximum atomic E-state index is 11.9. The van der Waals surface area contributed by atoms with Crippen LogP contribution in [0.15, 0.2) is 53.4 Å². The van der Waals surface area contributed by atoms with E-state index in [-0.39, 0.29) is 4.90 Å². The number of nitrogen functional groups attached to an aromatic ring is 1. The number of nitrogens with two attached hydrogens (primary N) is 2. The maximum absolute atomic E-state index is 11.9. The van der Waals surface area contributed by atoms with Gasteiger partial charge in [0, 0.05) is 11.1 Å². The van der Waals surface area contributed by atoms with Gasteiger partial charge in [-0.2, -0.15) is 4.83 Å². The molecular weight excluding hydrogens is 264 g/mol. The van der Waals surface area contributed by atoms with Crippen LogP contribution in [0.5, 0.6) is 0 Å². The molecule has 0 aliphatic rings. The van der Waals surface area contributed by atoms with Gasteiger partial charge in [-0.3, -0.25) is 11.7 Å². The van der Waals surface area contributed by atoms with Crippen LogP contribution in [0.3, 0.4) is 0 Å². The van der Waals surface area contributed by atoms with Crippen molar-refractivity contribution < 1.29 is 8.42 Å². The monoisotopic (exact) mass is 278 g/mol. The van der Waals surface area contributed by atoms with Crippen molar-refractivity contribution in [3.05, 3.63) is 48.5 Å². The summed E-state index contributed by atoms with van der Waals surface area (Å²) < 4.78 is 23.8. The number of hydrazine groups is 2. The molecule has 0 unspecified atom stereocenters. The van der Waals surface area contributed by atoms with Crippen molar-refractivity contribution in [3.8, 4) is 11.1 Å². The van der Waals surface area contributed by atoms with Crippen LogP contribution in [-0.4, -0.2) is 8.42 Å². The lowest BCUT2D eigenvalue weighted by molar-refractivity contribution is 0.584. The number of hydrogen-bond donors (Lipinski definition) is 4. The van der Waals surface area contributed by atoms with Crippen molar-refractivity contribution in [3.63, 3.8) is 0 Å². The van der Waals surface area contributed by atoms with Crippen LogP contribution in [0.4, 0.5) is 5.69 Å². The van der Waals surface area contributed by atoms with Gasteiger partial charge in [-0.25, -0.2) is 8.42 Å². The molecule has 6 N–H and O–H groups in total. The molecule has 0 bridgehead atoms. The van der Waals surface area contributed by atoms with Crippen molar-refractivity contribution in [2.75, 3.05) is 5.43 Å². The topological polar surface area (TPSA) is 110 Å². The number of rotatable bonds is 4. The average molecular weight is 278 g/mol. The van der Waals surface area contributed by atoms with E-state index in [1.807, 2.05) is 4.83 Å². The minimum absolute atomic E-state index is 0.0974. The zero-order chi connectivity index (χ0) is 13.9. The smallest absolute Gasteiger partial charge is 0.253 e. The summed E-state index contributed by atoms with van der Waals surface area (Å²) in [6.07, 6.45) is 0. The molecule has 0 amide bonds. The van der Waals surface area contributed by atoms with Crippen molar-refractivity contribution in [1.82, 2.24) is 4.83 Å². The molecule has 0 saturated heterocycles. The third-order valence-electron chi connectivity index (χ3n) is 2.70. The molecule has 100 valence electrons. The Bertz CT molecular complexity index is 686. The van der Waals surface area contributed by atoms with Gasteiger partial charge in [-0.15, -0.1) is 0 Å². The fraction of sp³-hybridized carbons (Fsp3) is 0. The number of benzene rings is 2. The molecular formula is C12H14N4O2S. The SMILES string of the molecule is NNc1ccccc1-c1ccccc1S(=O)(=O)NN. The van der Waals surface area contributed by atoms with E-state index in [0.717, 1.165) is 0 Å². The summed E-state index contributed by atoms with van der Waals surface area (Å²) in [6.45, 7) is 0. The predicted octanol–water partition coefficient (Wildman–Crippen LogP) is 0.791. The van der Waals surface area contributed by atoms with Crippen molar-refractivity contribution in [2.45, 2.75) is 4.90 Å². The van der Waals surface area contributed by atoms with Crippen LogP contribution in [0.25, 0.3) is 11.1 Å². The molecule has 2 aromatic carbocycles. The average Bonchev–Trinajstić information content (AvgIpc) is 2.47. The third-order valence-corrected chi connectivity index (χ3v) is 3.95. The molecule has 0 heterocycles. The van der Waals surface area contributed by atoms with Crippen LogP contribution in [-0.2, 0) is 10.0 Å². The summed E-state index contributed by atoms with van der Waals surface area (Å²) in [5, 5.41) is 0. The molecule has 0 aromatic heterocycles. The standard InChI is InChI=1S/C12H14N4O2S/c13-15-11-7-3-1-5-9(11)10-6-2-4-8-12(10)19(17,18)16-14/h1-8,15-16H,13-14H2. The second-order valence-corrected chi connectivity index (χ2v) is 5.49. The molecule has 7 heteroatoms. The van der Waals surface area contributed by atoms with Crippen LogP contribution in [0.2, 0.25) is 0 Å². The highest BCUT2D eigenvalue weighted by molar-refractivity contribution is 7.89. The van der Waals surface area contributed by atoms with Gasteiger partial charge in [-0.1, -0.05) is 36.4 Å². The van der Waals surface area contributed by atoms with E-state index in [2.05, 4.69) is 5.43 Å². The zero-order valence-electron chi connectivity index (χ0n) is 10.00. The summed E-state index contributed by atoms with van der Waals surface area (Å²) in [5.74, 6) is 10.5. The van der Waals surface area contributed by atoms with E-state index in [1.54, 1.807) is 42.5 Å². The van der Waals surface area contributed by atoms with Gasteiger partial charge in [-0.05, 0) is 12.1 Å². The Labute approximate surface area is 111 Å². The fourth-order valence-corrected chi connectivity index (χ4v) is 2.68. The molecule has 0 radical (unpaired) electrons. The third kappa shape index (κ3) is 2.59. The Morgan fingerprint density at radius 3 is 2.05 bits per heavy atom. The lowest BCUT2D eigenvalue weighted by atomic mass is 10.0. The molecule has 0 aliphatic heterocycles. The van der Waals surface area contributed by atoms with Gasteiger partial charge in [0.2, 0.25) is 0 Å². The van der Waals surface area contributed by atoms with E-state index >= 15 is 0 Å². The van der Waals surface area contributed by atoms with E-state index < -0.39 is 10.0 Å². The highest BCUT2D eigenvalue weighted by Gasteiger charge is 2.18. The first-order valence-corrected chi connectivity index (χ1v) is 6.96. The molecule has 19 heavy (non-hydrogen) atoms. The molecule has 0 fully saturated rings. The highest BCUT2D eigenvalue weighted by atomic mass is 32.2. The van der Waals surface area contributed by atoms with Crippen LogP contribution >= 0.6 is 0 Å². The summed E-state index contributed by atoms with van der Waals surface area (Å²) in [5.41, 5.74) is 4.37. The molecule has 6 nitrogen and oxygen atoms in total. The Kier molecular flexibility index (Phi) is 3.82. The summed E-state index contributed by atoms with van der Waals surface area (Å²) in [6, 6.07) is 13.7. The van der Waals surface area contributed by atoms with Crippen molar-refractivity contribution in [1.29, 1.82) is 0 Å². The van der Waals surface area contributed by atoms with Crippen molar-refractivity contribution in [2.24, 2.45) is 11.7 Å². The lowest BCUT2D eigenvalue weighted by Gasteiger charge is -2.13. The molecule has 2 aromatic rings. The van der Waals surface area contributed by atoms with Gasteiger partial charge < -0.3 is 5.43 Å². The zero-order valence-corrected chi connectivity index (χ0v) is 10.8. The van der Waals surface area contributed by atoms with Crippen LogP contribution < -0.4 is 21.9 Å². The van der Waals surface area contributed by atoms with Gasteiger partial charge in [0.05, 0.1) is 10.6 Å². The fourth-order valence-electron chi connectivity index (χ4n) is 1.83. The van der Waals surface area contributed by atoms with Crippen LogP contribution in [0, 0.1) is 0 Å². The maximum Gasteiger partial charge on any atom is 0.253 e. The first kappa shape index (κ1) is 13.5. The quantitative estimate of drug-likeness (QED) is 0.488. The molecule has 2 rings (SSSR count).